The Morgan fingerprint density at radius 2 is 1.81 bits per heavy atom. The van der Waals surface area contributed by atoms with Gasteiger partial charge in [0.15, 0.2) is 12.2 Å². The van der Waals surface area contributed by atoms with E-state index in [4.69, 9.17) is 20.9 Å². The van der Waals surface area contributed by atoms with E-state index < -0.39 is 18.4 Å². The zero-order valence-electron chi connectivity index (χ0n) is 17.7. The van der Waals surface area contributed by atoms with Crippen LogP contribution in [-0.2, 0) is 17.8 Å². The summed E-state index contributed by atoms with van der Waals surface area (Å²) in [5.74, 6) is 0.814. The van der Waals surface area contributed by atoms with Crippen LogP contribution in [0.5, 0.6) is 5.75 Å². The van der Waals surface area contributed by atoms with Gasteiger partial charge < -0.3 is 36.5 Å². The van der Waals surface area contributed by atoms with Crippen molar-refractivity contribution < 1.29 is 24.5 Å². The number of aliphatic hydroxyl groups is 2. The number of alkyl carbamates (subject to hydrolysis) is 1. The van der Waals surface area contributed by atoms with Gasteiger partial charge in [-0.3, -0.25) is 0 Å². The van der Waals surface area contributed by atoms with Crippen LogP contribution in [0.25, 0.3) is 0 Å². The van der Waals surface area contributed by atoms with E-state index in [0.717, 1.165) is 11.1 Å². The Bertz CT molecular complexity index is 864. The minimum atomic E-state index is -1.72. The lowest BCUT2D eigenvalue weighted by Crippen LogP contribution is -2.45. The molecule has 0 aliphatic carbocycles. The van der Waals surface area contributed by atoms with Crippen LogP contribution in [-0.4, -0.2) is 41.2 Å². The van der Waals surface area contributed by atoms with Gasteiger partial charge in [0.05, 0.1) is 18.3 Å². The number of carbonyl (C=O) groups excluding carboxylic acids is 1. The van der Waals surface area contributed by atoms with Gasteiger partial charge >= 0.3 is 6.09 Å². The number of ether oxygens (including phenoxy) is 2. The number of nitrogens with zero attached hydrogens (tertiary/aromatic N) is 1. The van der Waals surface area contributed by atoms with Crippen LogP contribution in [0.15, 0.2) is 53.5 Å². The quantitative estimate of drug-likeness (QED) is 0.219. The van der Waals surface area contributed by atoms with E-state index in [2.05, 4.69) is 10.3 Å². The largest absolute Gasteiger partial charge is 0.489 e. The third-order valence-corrected chi connectivity index (χ3v) is 4.16. The summed E-state index contributed by atoms with van der Waals surface area (Å²) in [6, 6.07) is 13.6. The number of benzene rings is 2. The lowest BCUT2D eigenvalue weighted by Gasteiger charge is -2.21. The van der Waals surface area contributed by atoms with Gasteiger partial charge in [0.1, 0.15) is 12.4 Å². The van der Waals surface area contributed by atoms with Crippen LogP contribution in [0, 0.1) is 5.92 Å². The van der Waals surface area contributed by atoms with Crippen molar-refractivity contribution >= 4 is 17.7 Å². The Labute approximate surface area is 181 Å². The zero-order valence-corrected chi connectivity index (χ0v) is 17.7. The van der Waals surface area contributed by atoms with Crippen LogP contribution < -0.4 is 21.5 Å². The maximum atomic E-state index is 11.8. The highest BCUT2D eigenvalue weighted by molar-refractivity contribution is 5.79. The molecule has 0 aromatic heterocycles. The van der Waals surface area contributed by atoms with Crippen LogP contribution in [0.3, 0.4) is 0 Å². The highest BCUT2D eigenvalue weighted by atomic mass is 16.5. The van der Waals surface area contributed by atoms with Crippen molar-refractivity contribution in [3.63, 3.8) is 0 Å². The predicted octanol–water partition coefficient (Wildman–Crippen LogP) is 1.77. The molecule has 0 heterocycles. The van der Waals surface area contributed by atoms with Crippen molar-refractivity contribution in [1.29, 1.82) is 0 Å². The highest BCUT2D eigenvalue weighted by Crippen LogP contribution is 2.18. The van der Waals surface area contributed by atoms with Crippen molar-refractivity contribution in [2.24, 2.45) is 22.4 Å². The number of hydrogen-bond donors (Lipinski definition) is 5. The zero-order chi connectivity index (χ0) is 22.8. The molecule has 0 saturated heterocycles. The number of hydrogen-bond acceptors (Lipinski definition) is 6. The summed E-state index contributed by atoms with van der Waals surface area (Å²) < 4.78 is 10.8. The number of aliphatic hydroxyl groups excluding tert-OH is 1. The van der Waals surface area contributed by atoms with Gasteiger partial charge in [-0.15, -0.1) is 0 Å². The fraction of sp³-hybridized carbons (Fsp3) is 0.364. The second-order valence-corrected chi connectivity index (χ2v) is 7.50. The summed E-state index contributed by atoms with van der Waals surface area (Å²) in [6.07, 6.45) is -2.19. The molecule has 0 radical (unpaired) electrons. The molecule has 1 amide bonds. The normalized spacial score (nSPS) is 11.8. The smallest absolute Gasteiger partial charge is 0.407 e. The number of amides is 1. The van der Waals surface area contributed by atoms with Crippen molar-refractivity contribution in [2.75, 3.05) is 6.61 Å². The van der Waals surface area contributed by atoms with Crippen molar-refractivity contribution in [3.8, 4) is 5.75 Å². The average Bonchev–Trinajstić information content (AvgIpc) is 2.71. The van der Waals surface area contributed by atoms with Crippen molar-refractivity contribution in [3.05, 3.63) is 59.7 Å². The second-order valence-electron chi connectivity index (χ2n) is 7.50. The number of nitrogens with two attached hydrogens (primary N) is 2. The van der Waals surface area contributed by atoms with Crippen molar-refractivity contribution in [1.82, 2.24) is 5.32 Å². The first-order chi connectivity index (χ1) is 14.7. The maximum absolute atomic E-state index is 11.8. The lowest BCUT2D eigenvalue weighted by atomic mass is 10.1. The maximum Gasteiger partial charge on any atom is 0.407 e. The molecule has 1 atom stereocenters. The first-order valence-electron chi connectivity index (χ1n) is 9.92. The molecule has 31 heavy (non-hydrogen) atoms. The van der Waals surface area contributed by atoms with E-state index in [1.807, 2.05) is 32.0 Å². The summed E-state index contributed by atoms with van der Waals surface area (Å²) in [6.45, 7) is 4.40. The summed E-state index contributed by atoms with van der Waals surface area (Å²) in [4.78, 5) is 15.8. The molecule has 0 aliphatic heterocycles. The van der Waals surface area contributed by atoms with E-state index in [1.165, 1.54) is 0 Å². The molecule has 1 unspecified atom stereocenters. The minimum Gasteiger partial charge on any atom is -0.489 e. The molecule has 2 aromatic carbocycles. The van der Waals surface area contributed by atoms with Crippen molar-refractivity contribution in [2.45, 2.75) is 39.2 Å². The third kappa shape index (κ3) is 8.93. The van der Waals surface area contributed by atoms with E-state index in [-0.39, 0.29) is 24.9 Å². The SMILES string of the molecule is CC(C)COC(=O)NC(Cc1ccc(OCc2cccc(N=C(N)N)c2)cc1)C(O)O. The summed E-state index contributed by atoms with van der Waals surface area (Å²) >= 11 is 0. The molecule has 0 fully saturated rings. The number of aliphatic imine (C=N–C) groups is 1. The molecule has 0 spiro atoms. The van der Waals surface area contributed by atoms with Crippen LogP contribution >= 0.6 is 0 Å². The molecule has 0 saturated carbocycles. The van der Waals surface area contributed by atoms with E-state index >= 15 is 0 Å². The number of rotatable bonds is 10. The fourth-order valence-electron chi connectivity index (χ4n) is 2.67. The minimum absolute atomic E-state index is 0.0115. The first-order valence-corrected chi connectivity index (χ1v) is 9.92. The van der Waals surface area contributed by atoms with Crippen LogP contribution in [0.4, 0.5) is 10.5 Å². The Morgan fingerprint density at radius 3 is 2.42 bits per heavy atom. The molecular formula is C22H30N4O5. The average molecular weight is 431 g/mol. The summed E-state index contributed by atoms with van der Waals surface area (Å²) in [7, 11) is 0. The van der Waals surface area contributed by atoms with E-state index in [9.17, 15) is 15.0 Å². The Hall–Kier alpha value is -3.30. The summed E-state index contributed by atoms with van der Waals surface area (Å²) in [5.41, 5.74) is 13.1. The molecule has 9 nitrogen and oxygen atoms in total. The molecule has 2 rings (SSSR count). The number of guanidine groups is 1. The van der Waals surface area contributed by atoms with E-state index in [1.54, 1.807) is 30.3 Å². The summed E-state index contributed by atoms with van der Waals surface area (Å²) in [5, 5.41) is 21.6. The van der Waals surface area contributed by atoms with Gasteiger partial charge in [-0.05, 0) is 47.7 Å². The van der Waals surface area contributed by atoms with Gasteiger partial charge in [0.2, 0.25) is 0 Å². The molecule has 168 valence electrons. The number of nitrogens with one attached hydrogen (secondary N) is 1. The topological polar surface area (TPSA) is 152 Å². The van der Waals surface area contributed by atoms with Crippen LogP contribution in [0.1, 0.15) is 25.0 Å². The molecule has 2 aromatic rings. The van der Waals surface area contributed by atoms with Gasteiger partial charge in [-0.2, -0.15) is 0 Å². The van der Waals surface area contributed by atoms with E-state index in [0.29, 0.717) is 18.0 Å². The lowest BCUT2D eigenvalue weighted by molar-refractivity contribution is -0.0660. The molecule has 0 aliphatic rings. The molecular weight excluding hydrogens is 400 g/mol. The fourth-order valence-corrected chi connectivity index (χ4v) is 2.67. The second kappa shape index (κ2) is 11.8. The highest BCUT2D eigenvalue weighted by Gasteiger charge is 2.20. The predicted molar refractivity (Wildman–Crippen MR) is 118 cm³/mol. The Morgan fingerprint density at radius 1 is 1.10 bits per heavy atom. The monoisotopic (exact) mass is 430 g/mol. The van der Waals surface area contributed by atoms with Gasteiger partial charge in [0.25, 0.3) is 0 Å². The standard InChI is InChI=1S/C22H30N4O5/c1-14(2)12-31-22(29)26-19(20(27)28)11-15-6-8-18(9-7-15)30-13-16-4-3-5-17(10-16)25-21(23)24/h3-10,14,19-20,27-28H,11-13H2,1-2H3,(H,26,29)(H4,23,24,25). The van der Waals surface area contributed by atoms with Gasteiger partial charge in [-0.25, -0.2) is 9.79 Å². The Kier molecular flexibility index (Phi) is 9.11. The molecule has 7 N–H and O–H groups in total. The van der Waals surface area contributed by atoms with Gasteiger partial charge in [-0.1, -0.05) is 38.1 Å². The molecule has 0 bridgehead atoms. The van der Waals surface area contributed by atoms with Gasteiger partial charge in [0, 0.05) is 0 Å². The molecule has 9 heteroatoms. The third-order valence-electron chi connectivity index (χ3n) is 4.16. The first kappa shape index (κ1) is 24.0. The Balaban J connectivity index is 1.91. The number of carbonyl (C=O) groups is 1. The van der Waals surface area contributed by atoms with Crippen LogP contribution in [0.2, 0.25) is 0 Å².